The fourth-order valence-corrected chi connectivity index (χ4v) is 6.75. The zero-order chi connectivity index (χ0) is 44.8. The van der Waals surface area contributed by atoms with Crippen molar-refractivity contribution in [2.75, 3.05) is 54.1 Å². The van der Waals surface area contributed by atoms with E-state index >= 15 is 0 Å². The van der Waals surface area contributed by atoms with Crippen LogP contribution in [0, 0.1) is 0 Å². The number of unbranched alkanes of at least 4 members (excludes halogenated alkanes) is 13. The Labute approximate surface area is 375 Å². The predicted octanol–water partition coefficient (Wildman–Crippen LogP) is 14.6. The first-order chi connectivity index (χ1) is 29.6. The van der Waals surface area contributed by atoms with Crippen molar-refractivity contribution in [3.63, 3.8) is 0 Å². The lowest BCUT2D eigenvalue weighted by Gasteiger charge is -2.24. The molecule has 0 rings (SSSR count). The number of rotatable bonds is 43. The number of nitrogens with zero attached hydrogens (tertiary/aromatic N) is 1. The molecule has 2 unspecified atom stereocenters. The van der Waals surface area contributed by atoms with Crippen LogP contribution in [0.1, 0.15) is 168 Å². The van der Waals surface area contributed by atoms with Gasteiger partial charge in [-0.3, -0.25) is 13.8 Å². The summed E-state index contributed by atoms with van der Waals surface area (Å²) in [4.78, 5) is 22.9. The number of esters is 1. The first kappa shape index (κ1) is 58.4. The van der Waals surface area contributed by atoms with E-state index in [9.17, 15) is 14.3 Å². The van der Waals surface area contributed by atoms with Crippen molar-refractivity contribution in [3.05, 3.63) is 97.2 Å². The number of likely N-dealkylation sites (N-methyl/N-ethyl adjacent to an activating group) is 1. The SMILES string of the molecule is CC/C=C\C/C=C\C/C=C\C/C=C\CCCCCCCCCCCCCOCC(COP(=O)(O)OCC[N+](C)(C)C)OC(=O)CCCC/C=C\C/C=C\C/C=C\C/C=C\CC. The van der Waals surface area contributed by atoms with Gasteiger partial charge in [0.15, 0.2) is 0 Å². The van der Waals surface area contributed by atoms with Crippen LogP contribution in [0.4, 0.5) is 0 Å². The molecule has 9 heteroatoms. The van der Waals surface area contributed by atoms with Gasteiger partial charge in [-0.25, -0.2) is 4.57 Å². The van der Waals surface area contributed by atoms with Gasteiger partial charge in [0.25, 0.3) is 0 Å². The zero-order valence-corrected chi connectivity index (χ0v) is 40.5. The van der Waals surface area contributed by atoms with E-state index in [-0.39, 0.29) is 32.2 Å². The molecular weight excluding hydrogens is 782 g/mol. The number of hydrogen-bond donors (Lipinski definition) is 1. The van der Waals surface area contributed by atoms with Crippen molar-refractivity contribution < 1.29 is 37.3 Å². The van der Waals surface area contributed by atoms with E-state index in [4.69, 9.17) is 18.5 Å². The first-order valence-electron chi connectivity index (χ1n) is 24.0. The average Bonchev–Trinajstić information content (AvgIpc) is 3.22. The van der Waals surface area contributed by atoms with Crippen molar-refractivity contribution in [1.82, 2.24) is 0 Å². The highest BCUT2D eigenvalue weighted by Gasteiger charge is 2.26. The van der Waals surface area contributed by atoms with Gasteiger partial charge in [-0.1, -0.05) is 169 Å². The third-order valence-electron chi connectivity index (χ3n) is 9.64. The summed E-state index contributed by atoms with van der Waals surface area (Å²) in [5, 5.41) is 0. The standard InChI is InChI=1S/C52H90NO7P/c1-6-8-10-12-14-16-18-20-22-23-24-25-26-27-28-29-30-32-34-36-38-40-42-44-47-57-49-51(50-59-61(55,56)58-48-46-53(3,4)5)60-52(54)45-43-41-39-37-35-33-31-21-19-17-15-13-11-9-7-2/h8-11,14-17,20-22,24-25,31,35,37,51H,6-7,12-13,18-19,23,26-30,32-34,36,38-50H2,1-5H3/p+1/b10-8-,11-9-,16-14-,17-15-,22-20-,25-24-,31-21-,37-35-. The summed E-state index contributed by atoms with van der Waals surface area (Å²) in [7, 11) is 1.62. The Morgan fingerprint density at radius 1 is 0.508 bits per heavy atom. The first-order valence-corrected chi connectivity index (χ1v) is 25.5. The summed E-state index contributed by atoms with van der Waals surface area (Å²) < 4.78 is 35.0. The number of ether oxygens (including phenoxy) is 2. The van der Waals surface area contributed by atoms with Gasteiger partial charge in [-0.2, -0.15) is 0 Å². The Balaban J connectivity index is 4.21. The lowest BCUT2D eigenvalue weighted by Crippen LogP contribution is -2.37. The predicted molar refractivity (Wildman–Crippen MR) is 261 cm³/mol. The molecule has 1 N–H and O–H groups in total. The highest BCUT2D eigenvalue weighted by molar-refractivity contribution is 7.47. The van der Waals surface area contributed by atoms with Crippen molar-refractivity contribution >= 4 is 13.8 Å². The van der Waals surface area contributed by atoms with Crippen LogP contribution in [0.25, 0.3) is 0 Å². The summed E-state index contributed by atoms with van der Waals surface area (Å²) in [5.41, 5.74) is 0. The highest BCUT2D eigenvalue weighted by Crippen LogP contribution is 2.43. The molecule has 0 radical (unpaired) electrons. The van der Waals surface area contributed by atoms with Gasteiger partial charge < -0.3 is 18.9 Å². The zero-order valence-electron chi connectivity index (χ0n) is 39.6. The monoisotopic (exact) mass is 873 g/mol. The molecule has 0 saturated heterocycles. The Kier molecular flexibility index (Phi) is 42.2. The average molecular weight is 873 g/mol. The molecule has 8 nitrogen and oxygen atoms in total. The van der Waals surface area contributed by atoms with E-state index in [1.54, 1.807) is 0 Å². The molecule has 0 saturated carbocycles. The number of hydrogen-bond acceptors (Lipinski definition) is 6. The second-order valence-corrected chi connectivity index (χ2v) is 18.2. The molecule has 2 atom stereocenters. The van der Waals surface area contributed by atoms with Crippen LogP contribution >= 0.6 is 7.82 Å². The number of carbonyl (C=O) groups excluding carboxylic acids is 1. The van der Waals surface area contributed by atoms with Crippen LogP contribution in [0.15, 0.2) is 97.2 Å². The minimum Gasteiger partial charge on any atom is -0.457 e. The van der Waals surface area contributed by atoms with E-state index in [1.165, 1.54) is 64.2 Å². The van der Waals surface area contributed by atoms with E-state index in [0.717, 1.165) is 77.0 Å². The maximum atomic E-state index is 12.7. The van der Waals surface area contributed by atoms with E-state index in [1.807, 2.05) is 21.1 Å². The number of quaternary nitrogens is 1. The normalized spacial score (nSPS) is 14.5. The molecule has 0 fully saturated rings. The van der Waals surface area contributed by atoms with Crippen LogP contribution in [0.3, 0.4) is 0 Å². The summed E-state index contributed by atoms with van der Waals surface area (Å²) in [5.74, 6) is -0.358. The lowest BCUT2D eigenvalue weighted by atomic mass is 10.1. The molecule has 0 aliphatic heterocycles. The van der Waals surface area contributed by atoms with Crippen molar-refractivity contribution in [2.24, 2.45) is 0 Å². The fourth-order valence-electron chi connectivity index (χ4n) is 6.00. The van der Waals surface area contributed by atoms with Crippen molar-refractivity contribution in [2.45, 2.75) is 174 Å². The number of carbonyl (C=O) groups is 1. The molecule has 0 aliphatic carbocycles. The van der Waals surface area contributed by atoms with Gasteiger partial charge in [0.1, 0.15) is 19.3 Å². The van der Waals surface area contributed by atoms with Crippen LogP contribution in [-0.2, 0) is 27.9 Å². The molecular formula is C52H91NO7P+. The van der Waals surface area contributed by atoms with Crippen molar-refractivity contribution in [3.8, 4) is 0 Å². The van der Waals surface area contributed by atoms with Crippen LogP contribution in [-0.4, -0.2) is 75.6 Å². The maximum absolute atomic E-state index is 12.7. The molecule has 0 bridgehead atoms. The second kappa shape index (κ2) is 44.0. The molecule has 0 spiro atoms. The molecule has 0 aliphatic rings. The fraction of sp³-hybridized carbons (Fsp3) is 0.673. The number of phosphoric ester groups is 1. The van der Waals surface area contributed by atoms with Gasteiger partial charge in [0.05, 0.1) is 34.4 Å². The van der Waals surface area contributed by atoms with Crippen LogP contribution < -0.4 is 0 Å². The summed E-state index contributed by atoms with van der Waals surface area (Å²) in [6.07, 6.45) is 60.3. The number of allylic oxidation sites excluding steroid dienone is 16. The topological polar surface area (TPSA) is 91.3 Å². The van der Waals surface area contributed by atoms with Crippen LogP contribution in [0.5, 0.6) is 0 Å². The quantitative estimate of drug-likeness (QED) is 0.0214. The molecule has 0 aromatic heterocycles. The van der Waals surface area contributed by atoms with Crippen molar-refractivity contribution in [1.29, 1.82) is 0 Å². The van der Waals surface area contributed by atoms with Gasteiger partial charge in [0, 0.05) is 13.0 Å². The van der Waals surface area contributed by atoms with E-state index < -0.39 is 13.9 Å². The van der Waals surface area contributed by atoms with Crippen LogP contribution in [0.2, 0.25) is 0 Å². The molecule has 350 valence electrons. The molecule has 0 heterocycles. The third kappa shape index (κ3) is 48.3. The van der Waals surface area contributed by atoms with E-state index in [0.29, 0.717) is 24.1 Å². The Hall–Kier alpha value is -2.58. The summed E-state index contributed by atoms with van der Waals surface area (Å²) >= 11 is 0. The van der Waals surface area contributed by atoms with Gasteiger partial charge in [-0.15, -0.1) is 0 Å². The molecule has 0 aromatic carbocycles. The maximum Gasteiger partial charge on any atom is 0.472 e. The molecule has 0 aromatic rings. The Bertz CT molecular complexity index is 1290. The minimum atomic E-state index is -4.30. The van der Waals surface area contributed by atoms with E-state index in [2.05, 4.69) is 111 Å². The molecule has 61 heavy (non-hydrogen) atoms. The smallest absolute Gasteiger partial charge is 0.457 e. The van der Waals surface area contributed by atoms with Gasteiger partial charge in [-0.05, 0) is 89.9 Å². The third-order valence-corrected chi connectivity index (χ3v) is 10.6. The number of phosphoric acid groups is 1. The largest absolute Gasteiger partial charge is 0.472 e. The Morgan fingerprint density at radius 3 is 1.34 bits per heavy atom. The molecule has 0 amide bonds. The minimum absolute atomic E-state index is 0.0747. The summed E-state index contributed by atoms with van der Waals surface area (Å²) in [6, 6.07) is 0. The lowest BCUT2D eigenvalue weighted by molar-refractivity contribution is -0.870. The summed E-state index contributed by atoms with van der Waals surface area (Å²) in [6.45, 7) is 5.31. The van der Waals surface area contributed by atoms with Gasteiger partial charge in [0.2, 0.25) is 0 Å². The second-order valence-electron chi connectivity index (χ2n) is 16.7. The highest BCUT2D eigenvalue weighted by atomic mass is 31.2. The Morgan fingerprint density at radius 2 is 0.902 bits per heavy atom. The van der Waals surface area contributed by atoms with Gasteiger partial charge >= 0.3 is 13.8 Å².